The quantitative estimate of drug-likeness (QED) is 0.687. The van der Waals surface area contributed by atoms with Gasteiger partial charge in [-0.2, -0.15) is 0 Å². The standard InChI is InChI=1S/C15H14N4O4/c1-17-13-12(14(22)18(2)15(17)23)19(8-16-13)7-11(21)9-3-5-10(20)6-4-9/h3-6,8,20H,7H2,1-2H3. The Kier molecular flexibility index (Phi) is 3.36. The first-order chi connectivity index (χ1) is 10.9. The van der Waals surface area contributed by atoms with Gasteiger partial charge in [-0.05, 0) is 24.3 Å². The number of aromatic nitrogens is 4. The highest BCUT2D eigenvalue weighted by Crippen LogP contribution is 2.12. The number of hydrogen-bond donors (Lipinski definition) is 1. The van der Waals surface area contributed by atoms with Gasteiger partial charge in [0.15, 0.2) is 16.9 Å². The molecule has 0 saturated heterocycles. The van der Waals surface area contributed by atoms with Crippen molar-refractivity contribution in [3.05, 3.63) is 57.0 Å². The van der Waals surface area contributed by atoms with Crippen LogP contribution in [0.3, 0.4) is 0 Å². The molecule has 1 aromatic carbocycles. The number of phenols is 1. The number of phenolic OH excluding ortho intramolecular Hbond substituents is 1. The van der Waals surface area contributed by atoms with Crippen molar-refractivity contribution in [2.24, 2.45) is 14.1 Å². The van der Waals surface area contributed by atoms with Crippen LogP contribution in [0.2, 0.25) is 0 Å². The third-order valence-corrected chi connectivity index (χ3v) is 3.72. The monoisotopic (exact) mass is 314 g/mol. The molecule has 0 radical (unpaired) electrons. The van der Waals surface area contributed by atoms with Gasteiger partial charge in [-0.1, -0.05) is 0 Å². The smallest absolute Gasteiger partial charge is 0.332 e. The van der Waals surface area contributed by atoms with Crippen LogP contribution in [0.15, 0.2) is 40.2 Å². The number of fused-ring (bicyclic) bond motifs is 1. The Bertz CT molecular complexity index is 1020. The van der Waals surface area contributed by atoms with Gasteiger partial charge in [-0.25, -0.2) is 9.78 Å². The zero-order chi connectivity index (χ0) is 16.7. The van der Waals surface area contributed by atoms with E-state index in [0.29, 0.717) is 5.56 Å². The van der Waals surface area contributed by atoms with Crippen LogP contribution in [0.1, 0.15) is 10.4 Å². The molecule has 0 aliphatic rings. The summed E-state index contributed by atoms with van der Waals surface area (Å²) in [5, 5.41) is 9.26. The molecule has 0 aliphatic heterocycles. The van der Waals surface area contributed by atoms with Crippen LogP contribution >= 0.6 is 0 Å². The molecule has 23 heavy (non-hydrogen) atoms. The maximum absolute atomic E-state index is 12.3. The SMILES string of the molecule is Cn1c(=O)c2c(ncn2CC(=O)c2ccc(O)cc2)n(C)c1=O. The number of aromatic hydroxyl groups is 1. The lowest BCUT2D eigenvalue weighted by atomic mass is 10.1. The van der Waals surface area contributed by atoms with Crippen LogP contribution in [0.25, 0.3) is 11.2 Å². The van der Waals surface area contributed by atoms with E-state index in [1.54, 1.807) is 0 Å². The summed E-state index contributed by atoms with van der Waals surface area (Å²) in [5.41, 5.74) is -0.138. The summed E-state index contributed by atoms with van der Waals surface area (Å²) >= 11 is 0. The van der Waals surface area contributed by atoms with Gasteiger partial charge in [-0.3, -0.25) is 18.7 Å². The van der Waals surface area contributed by atoms with E-state index >= 15 is 0 Å². The molecular formula is C15H14N4O4. The highest BCUT2D eigenvalue weighted by molar-refractivity contribution is 5.96. The molecule has 0 bridgehead atoms. The lowest BCUT2D eigenvalue weighted by molar-refractivity contribution is 0.0973. The highest BCUT2D eigenvalue weighted by atomic mass is 16.3. The van der Waals surface area contributed by atoms with Crippen molar-refractivity contribution in [3.63, 3.8) is 0 Å². The molecule has 0 unspecified atom stereocenters. The Hall–Kier alpha value is -3.16. The van der Waals surface area contributed by atoms with Gasteiger partial charge in [0.1, 0.15) is 5.75 Å². The number of carbonyl (C=O) groups is 1. The van der Waals surface area contributed by atoms with Gasteiger partial charge >= 0.3 is 5.69 Å². The molecule has 3 aromatic rings. The summed E-state index contributed by atoms with van der Waals surface area (Å²) in [4.78, 5) is 40.5. The van der Waals surface area contributed by atoms with Gasteiger partial charge in [-0.15, -0.1) is 0 Å². The number of ketones is 1. The molecule has 2 aromatic heterocycles. The van der Waals surface area contributed by atoms with Gasteiger partial charge in [0.25, 0.3) is 5.56 Å². The Labute approximate surface area is 129 Å². The first kappa shape index (κ1) is 14.8. The summed E-state index contributed by atoms with van der Waals surface area (Å²) in [6.07, 6.45) is 1.36. The maximum Gasteiger partial charge on any atom is 0.332 e. The zero-order valence-corrected chi connectivity index (χ0v) is 12.6. The molecular weight excluding hydrogens is 300 g/mol. The minimum Gasteiger partial charge on any atom is -0.508 e. The number of benzene rings is 1. The molecule has 0 atom stereocenters. The Morgan fingerprint density at radius 2 is 1.78 bits per heavy atom. The molecule has 0 fully saturated rings. The van der Waals surface area contributed by atoms with E-state index < -0.39 is 11.2 Å². The summed E-state index contributed by atoms with van der Waals surface area (Å²) in [6.45, 7) is -0.0886. The zero-order valence-electron chi connectivity index (χ0n) is 12.6. The molecule has 3 rings (SSSR count). The molecule has 0 aliphatic carbocycles. The molecule has 0 spiro atoms. The Balaban J connectivity index is 2.08. The van der Waals surface area contributed by atoms with Crippen molar-refractivity contribution >= 4 is 16.9 Å². The Morgan fingerprint density at radius 3 is 2.43 bits per heavy atom. The fourth-order valence-corrected chi connectivity index (χ4v) is 2.41. The summed E-state index contributed by atoms with van der Waals surface area (Å²) in [5.74, 6) is -0.168. The fraction of sp³-hybridized carbons (Fsp3) is 0.200. The topological polar surface area (TPSA) is 99.1 Å². The Morgan fingerprint density at radius 1 is 1.13 bits per heavy atom. The predicted molar refractivity (Wildman–Crippen MR) is 82.7 cm³/mol. The molecule has 118 valence electrons. The molecule has 0 amide bonds. The number of aryl methyl sites for hydroxylation is 1. The van der Waals surface area contributed by atoms with Gasteiger partial charge < -0.3 is 9.67 Å². The number of carbonyl (C=O) groups excluding carboxylic acids is 1. The normalized spacial score (nSPS) is 11.0. The van der Waals surface area contributed by atoms with E-state index in [1.807, 2.05) is 0 Å². The van der Waals surface area contributed by atoms with Crippen LogP contribution in [-0.2, 0) is 20.6 Å². The minimum absolute atomic E-state index is 0.0681. The van der Waals surface area contributed by atoms with Crippen LogP contribution in [-0.4, -0.2) is 29.6 Å². The van der Waals surface area contributed by atoms with Crippen LogP contribution in [0, 0.1) is 0 Å². The fourth-order valence-electron chi connectivity index (χ4n) is 2.41. The summed E-state index contributed by atoms with van der Waals surface area (Å²) < 4.78 is 3.66. The maximum atomic E-state index is 12.3. The average Bonchev–Trinajstić information content (AvgIpc) is 2.95. The van der Waals surface area contributed by atoms with Crippen LogP contribution < -0.4 is 11.2 Å². The second-order valence-electron chi connectivity index (χ2n) is 5.22. The number of rotatable bonds is 3. The molecule has 1 N–H and O–H groups in total. The number of nitrogens with zero attached hydrogens (tertiary/aromatic N) is 4. The van der Waals surface area contributed by atoms with Gasteiger partial charge in [0.05, 0.1) is 12.9 Å². The molecule has 8 nitrogen and oxygen atoms in total. The summed E-state index contributed by atoms with van der Waals surface area (Å²) in [7, 11) is 2.90. The van der Waals surface area contributed by atoms with Crippen molar-refractivity contribution in [1.82, 2.24) is 18.7 Å². The molecule has 8 heteroatoms. The lowest BCUT2D eigenvalue weighted by Gasteiger charge is -2.06. The second kappa shape index (κ2) is 5.24. The van der Waals surface area contributed by atoms with E-state index in [-0.39, 0.29) is 29.2 Å². The van der Waals surface area contributed by atoms with Crippen LogP contribution in [0.5, 0.6) is 5.75 Å². The first-order valence-corrected chi connectivity index (χ1v) is 6.83. The van der Waals surface area contributed by atoms with E-state index in [9.17, 15) is 19.5 Å². The van der Waals surface area contributed by atoms with Crippen molar-refractivity contribution in [2.75, 3.05) is 0 Å². The third-order valence-electron chi connectivity index (χ3n) is 3.72. The number of Topliss-reactive ketones (excluding diaryl/α,β-unsaturated/α-hetero) is 1. The summed E-state index contributed by atoms with van der Waals surface area (Å²) in [6, 6.07) is 5.85. The average molecular weight is 314 g/mol. The van der Waals surface area contributed by atoms with Crippen LogP contribution in [0.4, 0.5) is 0 Å². The number of imidazole rings is 1. The van der Waals surface area contributed by atoms with Crippen molar-refractivity contribution in [1.29, 1.82) is 0 Å². The first-order valence-electron chi connectivity index (χ1n) is 6.83. The second-order valence-corrected chi connectivity index (χ2v) is 5.22. The lowest BCUT2D eigenvalue weighted by Crippen LogP contribution is -2.37. The van der Waals surface area contributed by atoms with E-state index in [0.717, 1.165) is 4.57 Å². The van der Waals surface area contributed by atoms with E-state index in [4.69, 9.17) is 0 Å². The van der Waals surface area contributed by atoms with Gasteiger partial charge in [0.2, 0.25) is 0 Å². The minimum atomic E-state index is -0.501. The van der Waals surface area contributed by atoms with Crippen molar-refractivity contribution in [3.8, 4) is 5.75 Å². The van der Waals surface area contributed by atoms with E-state index in [1.165, 1.54) is 53.8 Å². The van der Waals surface area contributed by atoms with Gasteiger partial charge in [0, 0.05) is 19.7 Å². The van der Waals surface area contributed by atoms with E-state index in [2.05, 4.69) is 4.98 Å². The predicted octanol–water partition coefficient (Wildman–Crippen LogP) is 0.0222. The number of hydrogen-bond acceptors (Lipinski definition) is 5. The van der Waals surface area contributed by atoms with Crippen molar-refractivity contribution < 1.29 is 9.90 Å². The third kappa shape index (κ3) is 2.33. The molecule has 2 heterocycles. The highest BCUT2D eigenvalue weighted by Gasteiger charge is 2.16. The largest absolute Gasteiger partial charge is 0.508 e. The van der Waals surface area contributed by atoms with Crippen molar-refractivity contribution in [2.45, 2.75) is 6.54 Å². The molecule has 0 saturated carbocycles.